The zero-order valence-electron chi connectivity index (χ0n) is 6.32. The minimum Gasteiger partial charge on any atom is -0.492 e. The maximum atomic E-state index is 5.44. The van der Waals surface area contributed by atoms with Crippen LogP contribution in [0.25, 0.3) is 0 Å². The largest absolute Gasteiger partial charge is 0.492 e. The van der Waals surface area contributed by atoms with Crippen molar-refractivity contribution in [2.24, 2.45) is 4.40 Å². The van der Waals surface area contributed by atoms with E-state index in [1.165, 1.54) is 5.71 Å². The van der Waals surface area contributed by atoms with Gasteiger partial charge >= 0.3 is 0 Å². The number of nitrogens with zero attached hydrogens (tertiary/aromatic N) is 1. The molecule has 11 heavy (non-hydrogen) atoms. The van der Waals surface area contributed by atoms with Crippen molar-refractivity contribution in [3.63, 3.8) is 0 Å². The summed E-state index contributed by atoms with van der Waals surface area (Å²) in [6.07, 6.45) is 7.52. The first kappa shape index (κ1) is 7.22. The van der Waals surface area contributed by atoms with Gasteiger partial charge in [-0.2, -0.15) is 0 Å². The molecule has 0 aromatic heterocycles. The van der Waals surface area contributed by atoms with Crippen LogP contribution in [0.5, 0.6) is 0 Å². The molecular weight excluding hydrogens is 158 g/mol. The van der Waals surface area contributed by atoms with Gasteiger partial charge in [0.2, 0.25) is 0 Å². The van der Waals surface area contributed by atoms with Crippen LogP contribution in [0.3, 0.4) is 0 Å². The lowest BCUT2D eigenvalue weighted by molar-refractivity contribution is 0.180. The van der Waals surface area contributed by atoms with Gasteiger partial charge < -0.3 is 4.74 Å². The molecule has 2 nitrogen and oxygen atoms in total. The molecule has 2 rings (SSSR count). The summed E-state index contributed by atoms with van der Waals surface area (Å²) >= 11 is 1.66. The molecule has 0 saturated carbocycles. The zero-order chi connectivity index (χ0) is 7.52. The molecule has 0 aliphatic carbocycles. The molecule has 0 saturated heterocycles. The lowest BCUT2D eigenvalue weighted by atomic mass is 10.1. The molecule has 2 heterocycles. The van der Waals surface area contributed by atoms with Gasteiger partial charge in [-0.3, -0.25) is 0 Å². The van der Waals surface area contributed by atoms with Crippen LogP contribution in [0.4, 0.5) is 0 Å². The number of ether oxygens (including phenoxy) is 1. The molecule has 1 atom stereocenters. The van der Waals surface area contributed by atoms with Gasteiger partial charge in [0.15, 0.2) is 0 Å². The smallest absolute Gasteiger partial charge is 0.137 e. The van der Waals surface area contributed by atoms with E-state index in [1.54, 1.807) is 18.2 Å². The van der Waals surface area contributed by atoms with E-state index in [9.17, 15) is 0 Å². The molecule has 0 bridgehead atoms. The molecule has 0 spiro atoms. The first-order chi connectivity index (χ1) is 5.47. The third kappa shape index (κ3) is 1.59. The first-order valence-corrected chi connectivity index (χ1v) is 4.90. The van der Waals surface area contributed by atoms with E-state index < -0.39 is 0 Å². The van der Waals surface area contributed by atoms with Crippen LogP contribution in [0.15, 0.2) is 16.7 Å². The maximum Gasteiger partial charge on any atom is 0.137 e. The van der Waals surface area contributed by atoms with Crippen molar-refractivity contribution < 1.29 is 4.74 Å². The summed E-state index contributed by atoms with van der Waals surface area (Å²) in [6, 6.07) is 0. The fraction of sp³-hybridized carbons (Fsp3) is 0.625. The Bertz CT molecular complexity index is 200. The number of rotatable bonds is 1. The van der Waals surface area contributed by atoms with E-state index in [0.29, 0.717) is 0 Å². The summed E-state index contributed by atoms with van der Waals surface area (Å²) in [4.78, 5) is 0. The molecule has 0 aromatic carbocycles. The molecule has 1 unspecified atom stereocenters. The van der Waals surface area contributed by atoms with E-state index in [2.05, 4.69) is 10.5 Å². The normalized spacial score (nSPS) is 29.8. The Morgan fingerprint density at radius 3 is 3.27 bits per heavy atom. The van der Waals surface area contributed by atoms with Gasteiger partial charge in [0, 0.05) is 12.2 Å². The van der Waals surface area contributed by atoms with Gasteiger partial charge in [0.1, 0.15) is 6.10 Å². The fourth-order valence-corrected chi connectivity index (χ4v) is 2.09. The number of allylic oxidation sites excluding steroid dienone is 1. The van der Waals surface area contributed by atoms with Crippen LogP contribution in [0.2, 0.25) is 0 Å². The third-order valence-corrected chi connectivity index (χ3v) is 2.69. The van der Waals surface area contributed by atoms with Gasteiger partial charge in [-0.15, -0.1) is 0 Å². The van der Waals surface area contributed by atoms with E-state index in [0.717, 1.165) is 25.0 Å². The van der Waals surface area contributed by atoms with E-state index >= 15 is 0 Å². The molecule has 2 aliphatic heterocycles. The first-order valence-electron chi connectivity index (χ1n) is 3.96. The zero-order valence-corrected chi connectivity index (χ0v) is 7.14. The van der Waals surface area contributed by atoms with Crippen molar-refractivity contribution in [2.45, 2.75) is 25.4 Å². The Morgan fingerprint density at radius 2 is 2.64 bits per heavy atom. The molecule has 0 N–H and O–H groups in total. The summed E-state index contributed by atoms with van der Waals surface area (Å²) in [5.74, 6) is 1.14. The molecule has 0 radical (unpaired) electrons. The summed E-state index contributed by atoms with van der Waals surface area (Å²) in [6.45, 7) is 0. The predicted molar refractivity (Wildman–Crippen MR) is 47.8 cm³/mol. The Balaban J connectivity index is 1.98. The molecule has 0 amide bonds. The van der Waals surface area contributed by atoms with Gasteiger partial charge in [-0.25, -0.2) is 4.40 Å². The van der Waals surface area contributed by atoms with Gasteiger partial charge in [0.05, 0.1) is 12.0 Å². The summed E-state index contributed by atoms with van der Waals surface area (Å²) in [5.41, 5.74) is 1.25. The van der Waals surface area contributed by atoms with E-state index in [4.69, 9.17) is 4.74 Å². The topological polar surface area (TPSA) is 21.6 Å². The Hall–Kier alpha value is -0.440. The van der Waals surface area contributed by atoms with E-state index in [1.807, 2.05) is 0 Å². The summed E-state index contributed by atoms with van der Waals surface area (Å²) in [7, 11) is 0. The van der Waals surface area contributed by atoms with Crippen LogP contribution in [-0.2, 0) is 4.74 Å². The number of hydrogen-bond donors (Lipinski definition) is 0. The SMILES string of the molecule is C1=COC(C2=NSCC2)CC1. The lowest BCUT2D eigenvalue weighted by Gasteiger charge is -2.18. The lowest BCUT2D eigenvalue weighted by Crippen LogP contribution is -2.22. The molecule has 2 aliphatic rings. The van der Waals surface area contributed by atoms with Crippen LogP contribution in [0, 0.1) is 0 Å². The standard InChI is InChI=1S/C8H11NOS/c1-2-5-10-8(3-1)7-4-6-11-9-7/h2,5,8H,1,3-4,6H2. The van der Waals surface area contributed by atoms with Gasteiger partial charge in [-0.05, 0) is 30.9 Å². The highest BCUT2D eigenvalue weighted by Crippen LogP contribution is 2.22. The predicted octanol–water partition coefficient (Wildman–Crippen LogP) is 2.17. The Morgan fingerprint density at radius 1 is 1.64 bits per heavy atom. The third-order valence-electron chi connectivity index (χ3n) is 1.94. The van der Waals surface area contributed by atoms with Crippen molar-refractivity contribution in [3.05, 3.63) is 12.3 Å². The Kier molecular flexibility index (Phi) is 2.17. The molecule has 0 fully saturated rings. The van der Waals surface area contributed by atoms with Gasteiger partial charge in [-0.1, -0.05) is 0 Å². The minimum absolute atomic E-state index is 0.287. The second-order valence-corrected chi connectivity index (χ2v) is 3.59. The van der Waals surface area contributed by atoms with Crippen LogP contribution in [0.1, 0.15) is 19.3 Å². The monoisotopic (exact) mass is 169 g/mol. The van der Waals surface area contributed by atoms with Crippen molar-refractivity contribution in [1.29, 1.82) is 0 Å². The quantitative estimate of drug-likeness (QED) is 0.561. The summed E-state index contributed by atoms with van der Waals surface area (Å²) < 4.78 is 9.77. The Labute approximate surface area is 70.9 Å². The van der Waals surface area contributed by atoms with Crippen LogP contribution >= 0.6 is 11.9 Å². The number of hydrogen-bond acceptors (Lipinski definition) is 3. The van der Waals surface area contributed by atoms with Crippen LogP contribution in [-0.4, -0.2) is 17.6 Å². The van der Waals surface area contributed by atoms with Crippen molar-refractivity contribution >= 4 is 17.7 Å². The molecular formula is C8H11NOS. The molecule has 3 heteroatoms. The highest BCUT2D eigenvalue weighted by atomic mass is 32.2. The molecule has 0 aromatic rings. The van der Waals surface area contributed by atoms with Crippen molar-refractivity contribution in [1.82, 2.24) is 0 Å². The van der Waals surface area contributed by atoms with Gasteiger partial charge in [0.25, 0.3) is 0 Å². The highest BCUT2D eigenvalue weighted by Gasteiger charge is 2.20. The van der Waals surface area contributed by atoms with Crippen molar-refractivity contribution in [2.75, 3.05) is 5.75 Å². The fourth-order valence-electron chi connectivity index (χ4n) is 1.32. The minimum atomic E-state index is 0.287. The summed E-state index contributed by atoms with van der Waals surface area (Å²) in [5, 5.41) is 0. The molecule has 60 valence electrons. The average molecular weight is 169 g/mol. The maximum absolute atomic E-state index is 5.44. The van der Waals surface area contributed by atoms with Crippen molar-refractivity contribution in [3.8, 4) is 0 Å². The second-order valence-electron chi connectivity index (χ2n) is 2.74. The average Bonchev–Trinajstić information content (AvgIpc) is 2.58. The highest BCUT2D eigenvalue weighted by molar-refractivity contribution is 7.98. The second kappa shape index (κ2) is 3.30. The van der Waals surface area contributed by atoms with Crippen LogP contribution < -0.4 is 0 Å². The van der Waals surface area contributed by atoms with E-state index in [-0.39, 0.29) is 6.10 Å².